The van der Waals surface area contributed by atoms with Crippen molar-refractivity contribution < 1.29 is 23.6 Å². The zero-order chi connectivity index (χ0) is 20.4. The van der Waals surface area contributed by atoms with Crippen LogP contribution in [0.15, 0.2) is 28.8 Å². The van der Waals surface area contributed by atoms with Crippen molar-refractivity contribution in [2.75, 3.05) is 5.32 Å². The molecule has 1 unspecified atom stereocenters. The molecule has 0 aliphatic rings. The van der Waals surface area contributed by atoms with E-state index in [0.29, 0.717) is 22.7 Å². The Morgan fingerprint density at radius 1 is 1.11 bits per heavy atom. The zero-order valence-corrected chi connectivity index (χ0v) is 16.4. The van der Waals surface area contributed by atoms with Crippen molar-refractivity contribution in [2.24, 2.45) is 5.41 Å². The second kappa shape index (κ2) is 7.73. The number of Topliss-reactive ketones (excluding diaryl/α,β-unsaturated/α-hetero) is 1. The number of nitrogens with zero attached hydrogens (tertiary/aromatic N) is 1. The van der Waals surface area contributed by atoms with Crippen LogP contribution in [0.3, 0.4) is 0 Å². The third-order valence-electron chi connectivity index (χ3n) is 4.00. The van der Waals surface area contributed by atoms with Gasteiger partial charge in [0.15, 0.2) is 6.10 Å². The van der Waals surface area contributed by atoms with Crippen molar-refractivity contribution in [3.8, 4) is 0 Å². The average molecular weight is 372 g/mol. The molecular weight excluding hydrogens is 348 g/mol. The van der Waals surface area contributed by atoms with E-state index in [9.17, 15) is 14.4 Å². The predicted molar refractivity (Wildman–Crippen MR) is 99.7 cm³/mol. The van der Waals surface area contributed by atoms with Gasteiger partial charge in [-0.15, -0.1) is 0 Å². The number of aromatic nitrogens is 1. The number of hydrogen-bond acceptors (Lipinski definition) is 6. The summed E-state index contributed by atoms with van der Waals surface area (Å²) in [4.78, 5) is 36.8. The fourth-order valence-electron chi connectivity index (χ4n) is 2.32. The number of rotatable bonds is 5. The molecule has 2 aromatic rings. The number of benzene rings is 1. The third-order valence-corrected chi connectivity index (χ3v) is 4.00. The van der Waals surface area contributed by atoms with E-state index in [1.165, 1.54) is 6.92 Å². The molecule has 0 aliphatic carbocycles. The van der Waals surface area contributed by atoms with E-state index in [2.05, 4.69) is 10.5 Å². The predicted octanol–water partition coefficient (Wildman–Crippen LogP) is 3.70. The van der Waals surface area contributed by atoms with Crippen LogP contribution in [-0.2, 0) is 9.53 Å². The summed E-state index contributed by atoms with van der Waals surface area (Å²) in [6.45, 7) is 10.2. The van der Waals surface area contributed by atoms with Crippen LogP contribution in [0.2, 0.25) is 0 Å². The van der Waals surface area contributed by atoms with Crippen molar-refractivity contribution in [3.05, 3.63) is 46.8 Å². The molecule has 0 bridgehead atoms. The molecule has 1 aromatic heterocycles. The molecule has 0 fully saturated rings. The van der Waals surface area contributed by atoms with Crippen LogP contribution in [0, 0.1) is 19.3 Å². The van der Waals surface area contributed by atoms with E-state index in [-0.39, 0.29) is 17.3 Å². The van der Waals surface area contributed by atoms with E-state index in [0.717, 1.165) is 0 Å². The van der Waals surface area contributed by atoms with Gasteiger partial charge >= 0.3 is 5.97 Å². The largest absolute Gasteiger partial charge is 0.451 e. The Morgan fingerprint density at radius 2 is 1.70 bits per heavy atom. The topological polar surface area (TPSA) is 98.5 Å². The molecule has 7 heteroatoms. The van der Waals surface area contributed by atoms with Gasteiger partial charge in [0.25, 0.3) is 0 Å². The SMILES string of the molecule is Cc1noc(C)c1C(=O)OC(C)C(=O)c1ccc(NC(=O)C(C)(C)C)cc1. The highest BCUT2D eigenvalue weighted by molar-refractivity contribution is 6.02. The fraction of sp³-hybridized carbons (Fsp3) is 0.400. The van der Waals surface area contributed by atoms with Crippen molar-refractivity contribution in [2.45, 2.75) is 47.6 Å². The Bertz CT molecular complexity index is 840. The molecular formula is C20H24N2O5. The van der Waals surface area contributed by atoms with Gasteiger partial charge in [-0.25, -0.2) is 4.79 Å². The van der Waals surface area contributed by atoms with Crippen molar-refractivity contribution >= 4 is 23.3 Å². The molecule has 1 N–H and O–H groups in total. The van der Waals surface area contributed by atoms with E-state index in [1.807, 2.05) is 20.8 Å². The van der Waals surface area contributed by atoms with Gasteiger partial charge in [0.1, 0.15) is 11.3 Å². The van der Waals surface area contributed by atoms with E-state index >= 15 is 0 Å². The first-order valence-electron chi connectivity index (χ1n) is 8.60. The van der Waals surface area contributed by atoms with Gasteiger partial charge in [-0.1, -0.05) is 25.9 Å². The smallest absolute Gasteiger partial charge is 0.344 e. The highest BCUT2D eigenvalue weighted by Gasteiger charge is 2.25. The molecule has 0 spiro atoms. The molecule has 0 aliphatic heterocycles. The Kier molecular flexibility index (Phi) is 5.83. The van der Waals surface area contributed by atoms with E-state index in [1.54, 1.807) is 38.1 Å². The molecule has 1 heterocycles. The summed E-state index contributed by atoms with van der Waals surface area (Å²) in [5, 5.41) is 6.49. The van der Waals surface area contributed by atoms with Crippen LogP contribution in [0.1, 0.15) is 59.9 Å². The summed E-state index contributed by atoms with van der Waals surface area (Å²) in [5.74, 6) is -0.774. The zero-order valence-electron chi connectivity index (χ0n) is 16.4. The maximum absolute atomic E-state index is 12.5. The van der Waals surface area contributed by atoms with Crippen LogP contribution >= 0.6 is 0 Å². The number of carbonyl (C=O) groups excluding carboxylic acids is 3. The number of nitrogens with one attached hydrogen (secondary N) is 1. The fourth-order valence-corrected chi connectivity index (χ4v) is 2.32. The van der Waals surface area contributed by atoms with Gasteiger partial charge in [0.05, 0.1) is 5.69 Å². The number of ether oxygens (including phenoxy) is 1. The maximum atomic E-state index is 12.5. The summed E-state index contributed by atoms with van der Waals surface area (Å²) in [6.07, 6.45) is -0.971. The van der Waals surface area contributed by atoms with Gasteiger partial charge < -0.3 is 14.6 Å². The van der Waals surface area contributed by atoms with Gasteiger partial charge in [-0.2, -0.15) is 0 Å². The van der Waals surface area contributed by atoms with Crippen LogP contribution in [0.25, 0.3) is 0 Å². The minimum Gasteiger partial charge on any atom is -0.451 e. The molecule has 2 rings (SSSR count). The standard InChI is InChI=1S/C20H24N2O5/c1-11-16(12(2)27-22-11)18(24)26-13(3)17(23)14-7-9-15(10-8-14)21-19(25)20(4,5)6/h7-10,13H,1-6H3,(H,21,25). The third kappa shape index (κ3) is 4.81. The molecule has 0 saturated carbocycles. The molecule has 27 heavy (non-hydrogen) atoms. The number of aryl methyl sites for hydroxylation is 2. The summed E-state index contributed by atoms with van der Waals surface area (Å²) in [6, 6.07) is 6.45. The van der Waals surface area contributed by atoms with E-state index in [4.69, 9.17) is 9.26 Å². The molecule has 0 radical (unpaired) electrons. The number of esters is 1. The summed E-state index contributed by atoms with van der Waals surface area (Å²) >= 11 is 0. The minimum atomic E-state index is -0.971. The monoisotopic (exact) mass is 372 g/mol. The molecule has 1 amide bonds. The minimum absolute atomic E-state index is 0.122. The van der Waals surface area contributed by atoms with Crippen LogP contribution in [-0.4, -0.2) is 28.9 Å². The summed E-state index contributed by atoms with van der Waals surface area (Å²) in [5.41, 5.74) is 1.09. The number of anilines is 1. The maximum Gasteiger partial charge on any atom is 0.344 e. The lowest BCUT2D eigenvalue weighted by atomic mass is 9.95. The molecule has 1 aromatic carbocycles. The van der Waals surface area contributed by atoms with Crippen molar-refractivity contribution in [3.63, 3.8) is 0 Å². The highest BCUT2D eigenvalue weighted by Crippen LogP contribution is 2.19. The number of ketones is 1. The lowest BCUT2D eigenvalue weighted by molar-refractivity contribution is -0.123. The first-order valence-corrected chi connectivity index (χ1v) is 8.60. The summed E-state index contributed by atoms with van der Waals surface area (Å²) in [7, 11) is 0. The number of carbonyl (C=O) groups is 3. The molecule has 7 nitrogen and oxygen atoms in total. The van der Waals surface area contributed by atoms with Crippen molar-refractivity contribution in [1.82, 2.24) is 5.16 Å². The molecule has 1 atom stereocenters. The highest BCUT2D eigenvalue weighted by atomic mass is 16.5. The molecule has 144 valence electrons. The first kappa shape index (κ1) is 20.4. The average Bonchev–Trinajstić information content (AvgIpc) is 2.92. The quantitative estimate of drug-likeness (QED) is 0.635. The second-order valence-corrected chi connectivity index (χ2v) is 7.39. The Morgan fingerprint density at radius 3 is 2.19 bits per heavy atom. The van der Waals surface area contributed by atoms with Gasteiger partial charge in [-0.3, -0.25) is 9.59 Å². The Balaban J connectivity index is 2.04. The number of amides is 1. The number of hydrogen-bond donors (Lipinski definition) is 1. The summed E-state index contributed by atoms with van der Waals surface area (Å²) < 4.78 is 10.2. The van der Waals surface area contributed by atoms with Crippen molar-refractivity contribution in [1.29, 1.82) is 0 Å². The van der Waals surface area contributed by atoms with Gasteiger partial charge in [-0.05, 0) is 45.0 Å². The van der Waals surface area contributed by atoms with Crippen LogP contribution in [0.5, 0.6) is 0 Å². The second-order valence-electron chi connectivity index (χ2n) is 7.39. The van der Waals surface area contributed by atoms with Crippen LogP contribution < -0.4 is 5.32 Å². The molecule has 0 saturated heterocycles. The van der Waals surface area contributed by atoms with Crippen LogP contribution in [0.4, 0.5) is 5.69 Å². The lowest BCUT2D eigenvalue weighted by Crippen LogP contribution is -2.27. The van der Waals surface area contributed by atoms with Gasteiger partial charge in [0.2, 0.25) is 11.7 Å². The Labute approximate surface area is 158 Å². The van der Waals surface area contributed by atoms with E-state index < -0.39 is 17.5 Å². The Hall–Kier alpha value is -2.96. The first-order chi connectivity index (χ1) is 12.5. The van der Waals surface area contributed by atoms with Gasteiger partial charge in [0, 0.05) is 16.7 Å². The lowest BCUT2D eigenvalue weighted by Gasteiger charge is -2.18. The normalized spacial score (nSPS) is 12.4.